The third-order valence-electron chi connectivity index (χ3n) is 3.54. The van der Waals surface area contributed by atoms with Gasteiger partial charge in [-0.1, -0.05) is 48.0 Å². The number of rotatable bonds is 8. The van der Waals surface area contributed by atoms with Crippen molar-refractivity contribution in [2.45, 2.75) is 25.0 Å². The number of carbonyl (C=O) groups is 1. The molecule has 122 valence electrons. The van der Waals surface area contributed by atoms with E-state index < -0.39 is 0 Å². The third-order valence-corrected chi connectivity index (χ3v) is 4.90. The highest BCUT2D eigenvalue weighted by molar-refractivity contribution is 7.98. The SMILES string of the molecule is COC(=O)Cc1ccc(CCCSCc2ccc(Cl)cc2)cc1. The van der Waals surface area contributed by atoms with Gasteiger partial charge in [0.1, 0.15) is 0 Å². The van der Waals surface area contributed by atoms with Crippen LogP contribution in [-0.2, 0) is 28.1 Å². The first-order valence-electron chi connectivity index (χ1n) is 7.64. The van der Waals surface area contributed by atoms with Gasteiger partial charge in [0.25, 0.3) is 0 Å². The van der Waals surface area contributed by atoms with Crippen LogP contribution in [0.4, 0.5) is 0 Å². The number of aryl methyl sites for hydroxylation is 1. The maximum absolute atomic E-state index is 11.2. The van der Waals surface area contributed by atoms with Crippen molar-refractivity contribution in [1.82, 2.24) is 0 Å². The molecule has 0 N–H and O–H groups in total. The van der Waals surface area contributed by atoms with Gasteiger partial charge in [0.15, 0.2) is 0 Å². The quantitative estimate of drug-likeness (QED) is 0.500. The van der Waals surface area contributed by atoms with Crippen LogP contribution in [0.25, 0.3) is 0 Å². The second-order valence-corrected chi connectivity index (χ2v) is 6.89. The van der Waals surface area contributed by atoms with Gasteiger partial charge in [-0.3, -0.25) is 4.79 Å². The zero-order chi connectivity index (χ0) is 16.5. The molecule has 2 aromatic rings. The molecular formula is C19H21ClO2S. The van der Waals surface area contributed by atoms with E-state index in [1.165, 1.54) is 18.2 Å². The van der Waals surface area contributed by atoms with E-state index in [4.69, 9.17) is 11.6 Å². The van der Waals surface area contributed by atoms with Gasteiger partial charge in [-0.05, 0) is 47.4 Å². The van der Waals surface area contributed by atoms with Gasteiger partial charge < -0.3 is 4.74 Å². The highest BCUT2D eigenvalue weighted by Gasteiger charge is 2.02. The maximum atomic E-state index is 11.2. The van der Waals surface area contributed by atoms with Crippen LogP contribution >= 0.6 is 23.4 Å². The molecule has 0 aliphatic heterocycles. The van der Waals surface area contributed by atoms with Gasteiger partial charge >= 0.3 is 5.97 Å². The lowest BCUT2D eigenvalue weighted by Crippen LogP contribution is -2.04. The van der Waals surface area contributed by atoms with Crippen LogP contribution in [-0.4, -0.2) is 18.8 Å². The summed E-state index contributed by atoms with van der Waals surface area (Å²) in [5, 5.41) is 0.786. The van der Waals surface area contributed by atoms with Crippen molar-refractivity contribution < 1.29 is 9.53 Å². The zero-order valence-corrected chi connectivity index (χ0v) is 14.8. The fourth-order valence-corrected chi connectivity index (χ4v) is 3.26. The molecule has 0 saturated carbocycles. The van der Waals surface area contributed by atoms with Gasteiger partial charge in [0.2, 0.25) is 0 Å². The second kappa shape index (κ2) is 9.64. The smallest absolute Gasteiger partial charge is 0.309 e. The average molecular weight is 349 g/mol. The highest BCUT2D eigenvalue weighted by atomic mass is 35.5. The minimum absolute atomic E-state index is 0.198. The Balaban J connectivity index is 1.66. The number of esters is 1. The summed E-state index contributed by atoms with van der Waals surface area (Å²) < 4.78 is 4.67. The Morgan fingerprint density at radius 1 is 1.00 bits per heavy atom. The number of carbonyl (C=O) groups excluding carboxylic acids is 1. The summed E-state index contributed by atoms with van der Waals surface area (Å²) in [4.78, 5) is 11.2. The van der Waals surface area contributed by atoms with E-state index in [0.717, 1.165) is 34.9 Å². The Hall–Kier alpha value is -1.45. The van der Waals surface area contributed by atoms with Crippen LogP contribution in [0.15, 0.2) is 48.5 Å². The van der Waals surface area contributed by atoms with Crippen LogP contribution in [0.5, 0.6) is 0 Å². The standard InChI is InChI=1S/C19H21ClO2S/c1-22-19(21)13-16-6-4-15(5-7-16)3-2-12-23-14-17-8-10-18(20)11-9-17/h4-11H,2-3,12-14H2,1H3. The van der Waals surface area contributed by atoms with E-state index in [-0.39, 0.29) is 5.97 Å². The van der Waals surface area contributed by atoms with Crippen molar-refractivity contribution in [3.8, 4) is 0 Å². The largest absolute Gasteiger partial charge is 0.469 e. The van der Waals surface area contributed by atoms with E-state index in [0.29, 0.717) is 6.42 Å². The molecule has 0 heterocycles. The molecule has 0 radical (unpaired) electrons. The summed E-state index contributed by atoms with van der Waals surface area (Å²) >= 11 is 7.82. The van der Waals surface area contributed by atoms with Crippen molar-refractivity contribution in [3.05, 3.63) is 70.2 Å². The minimum Gasteiger partial charge on any atom is -0.469 e. The predicted octanol–water partition coefficient (Wildman–Crippen LogP) is 4.92. The summed E-state index contributed by atoms with van der Waals surface area (Å²) in [6, 6.07) is 16.2. The van der Waals surface area contributed by atoms with Crippen molar-refractivity contribution in [1.29, 1.82) is 0 Å². The maximum Gasteiger partial charge on any atom is 0.309 e. The lowest BCUT2D eigenvalue weighted by Gasteiger charge is -2.05. The van der Waals surface area contributed by atoms with E-state index in [9.17, 15) is 4.79 Å². The lowest BCUT2D eigenvalue weighted by molar-refractivity contribution is -0.139. The molecule has 0 saturated heterocycles. The normalized spacial score (nSPS) is 10.5. The molecule has 0 fully saturated rings. The fourth-order valence-electron chi connectivity index (χ4n) is 2.21. The number of thioether (sulfide) groups is 1. The van der Waals surface area contributed by atoms with Gasteiger partial charge in [-0.15, -0.1) is 0 Å². The van der Waals surface area contributed by atoms with Crippen LogP contribution in [0, 0.1) is 0 Å². The second-order valence-electron chi connectivity index (χ2n) is 5.35. The van der Waals surface area contributed by atoms with Crippen molar-refractivity contribution in [2.75, 3.05) is 12.9 Å². The molecule has 4 heteroatoms. The number of halogens is 1. The minimum atomic E-state index is -0.198. The molecule has 0 aromatic heterocycles. The monoisotopic (exact) mass is 348 g/mol. The molecule has 0 amide bonds. The molecular weight excluding hydrogens is 328 g/mol. The first-order chi connectivity index (χ1) is 11.2. The Morgan fingerprint density at radius 3 is 2.26 bits per heavy atom. The molecule has 0 bridgehead atoms. The summed E-state index contributed by atoms with van der Waals surface area (Å²) in [5.41, 5.74) is 3.62. The molecule has 0 spiro atoms. The van der Waals surface area contributed by atoms with Crippen LogP contribution in [0.2, 0.25) is 5.02 Å². The molecule has 0 atom stereocenters. The average Bonchev–Trinajstić information content (AvgIpc) is 2.57. The first kappa shape index (κ1) is 17.9. The summed E-state index contributed by atoms with van der Waals surface area (Å²) in [5.74, 6) is 1.96. The molecule has 2 aromatic carbocycles. The van der Waals surface area contributed by atoms with Crippen molar-refractivity contribution >= 4 is 29.3 Å². The number of methoxy groups -OCH3 is 1. The topological polar surface area (TPSA) is 26.3 Å². The Labute approximate surface area is 147 Å². The number of benzene rings is 2. The molecule has 0 aliphatic rings. The van der Waals surface area contributed by atoms with Gasteiger partial charge in [0.05, 0.1) is 13.5 Å². The third kappa shape index (κ3) is 6.67. The Bertz CT molecular complexity index is 608. The van der Waals surface area contributed by atoms with Crippen LogP contribution < -0.4 is 0 Å². The predicted molar refractivity (Wildman–Crippen MR) is 98.1 cm³/mol. The molecule has 0 unspecified atom stereocenters. The van der Waals surface area contributed by atoms with Crippen LogP contribution in [0.3, 0.4) is 0 Å². The lowest BCUT2D eigenvalue weighted by atomic mass is 10.1. The fraction of sp³-hybridized carbons (Fsp3) is 0.316. The van der Waals surface area contributed by atoms with Crippen molar-refractivity contribution in [2.24, 2.45) is 0 Å². The van der Waals surface area contributed by atoms with Crippen molar-refractivity contribution in [3.63, 3.8) is 0 Å². The van der Waals surface area contributed by atoms with Gasteiger partial charge in [-0.25, -0.2) is 0 Å². The van der Waals surface area contributed by atoms with Gasteiger partial charge in [-0.2, -0.15) is 11.8 Å². The molecule has 2 rings (SSSR count). The first-order valence-corrected chi connectivity index (χ1v) is 9.17. The van der Waals surface area contributed by atoms with Crippen LogP contribution in [0.1, 0.15) is 23.1 Å². The number of hydrogen-bond acceptors (Lipinski definition) is 3. The number of ether oxygens (including phenoxy) is 1. The zero-order valence-electron chi connectivity index (χ0n) is 13.3. The highest BCUT2D eigenvalue weighted by Crippen LogP contribution is 2.17. The van der Waals surface area contributed by atoms with E-state index in [1.807, 2.05) is 36.0 Å². The van der Waals surface area contributed by atoms with E-state index in [1.54, 1.807) is 0 Å². The number of hydrogen-bond donors (Lipinski definition) is 0. The van der Waals surface area contributed by atoms with Gasteiger partial charge in [0, 0.05) is 10.8 Å². The summed E-state index contributed by atoms with van der Waals surface area (Å²) in [6.07, 6.45) is 2.55. The summed E-state index contributed by atoms with van der Waals surface area (Å²) in [6.45, 7) is 0. The molecule has 2 nitrogen and oxygen atoms in total. The molecule has 23 heavy (non-hydrogen) atoms. The van der Waals surface area contributed by atoms with E-state index in [2.05, 4.69) is 29.0 Å². The van der Waals surface area contributed by atoms with E-state index >= 15 is 0 Å². The molecule has 0 aliphatic carbocycles. The Kier molecular flexibility index (Phi) is 7.50. The summed E-state index contributed by atoms with van der Waals surface area (Å²) in [7, 11) is 1.42. The Morgan fingerprint density at radius 2 is 1.61 bits per heavy atom.